The van der Waals surface area contributed by atoms with Gasteiger partial charge in [0.25, 0.3) is 5.91 Å². The van der Waals surface area contributed by atoms with E-state index in [1.54, 1.807) is 13.8 Å². The largest absolute Gasteiger partial charge is 0.433 e. The summed E-state index contributed by atoms with van der Waals surface area (Å²) in [6.07, 6.45) is 0.580. The third-order valence-corrected chi connectivity index (χ3v) is 6.60. The quantitative estimate of drug-likeness (QED) is 0.786. The van der Waals surface area contributed by atoms with Crippen LogP contribution in [0.1, 0.15) is 86.6 Å². The summed E-state index contributed by atoms with van der Waals surface area (Å²) in [5.74, 6) is -0.494. The van der Waals surface area contributed by atoms with Crippen LogP contribution in [0.25, 0.3) is 5.65 Å². The predicted octanol–water partition coefficient (Wildman–Crippen LogP) is 4.17. The van der Waals surface area contributed by atoms with Crippen molar-refractivity contribution in [1.82, 2.24) is 19.5 Å². The molecule has 4 rings (SSSR count). The van der Waals surface area contributed by atoms with Crippen molar-refractivity contribution in [2.75, 3.05) is 6.54 Å². The van der Waals surface area contributed by atoms with Gasteiger partial charge in [-0.15, -0.1) is 0 Å². The lowest BCUT2D eigenvalue weighted by Crippen LogP contribution is -2.58. The van der Waals surface area contributed by atoms with Gasteiger partial charge >= 0.3 is 6.18 Å². The van der Waals surface area contributed by atoms with Gasteiger partial charge in [-0.1, -0.05) is 19.3 Å². The molecule has 2 fully saturated rings. The number of hydrogen-bond donors (Lipinski definition) is 1. The van der Waals surface area contributed by atoms with Gasteiger partial charge in [-0.2, -0.15) is 18.3 Å². The summed E-state index contributed by atoms with van der Waals surface area (Å²) >= 11 is 0. The fourth-order valence-electron chi connectivity index (χ4n) is 4.67. The zero-order chi connectivity index (χ0) is 21.7. The molecule has 0 spiro atoms. The maximum atomic E-state index is 13.8. The molecule has 1 saturated carbocycles. The number of amides is 1. The monoisotopic (exact) mass is 424 g/mol. The first-order valence-corrected chi connectivity index (χ1v) is 10.6. The van der Waals surface area contributed by atoms with Crippen LogP contribution in [-0.4, -0.2) is 48.7 Å². The van der Waals surface area contributed by atoms with Gasteiger partial charge in [0, 0.05) is 24.2 Å². The van der Waals surface area contributed by atoms with Crippen molar-refractivity contribution in [2.24, 2.45) is 0 Å². The van der Waals surface area contributed by atoms with E-state index in [1.165, 1.54) is 11.0 Å². The second-order valence-electron chi connectivity index (χ2n) is 8.97. The van der Waals surface area contributed by atoms with Crippen molar-refractivity contribution in [1.29, 1.82) is 0 Å². The molecule has 1 amide bonds. The Bertz CT molecular complexity index is 948. The molecule has 1 atom stereocenters. The Balaban J connectivity index is 1.76. The third kappa shape index (κ3) is 3.68. The number of aliphatic hydroxyl groups is 1. The number of carbonyl (C=O) groups excluding carboxylic acids is 1. The fourth-order valence-corrected chi connectivity index (χ4v) is 4.67. The number of likely N-dealkylation sites (tertiary alicyclic amines) is 1. The Morgan fingerprint density at radius 3 is 2.50 bits per heavy atom. The zero-order valence-electron chi connectivity index (χ0n) is 17.2. The predicted molar refractivity (Wildman–Crippen MR) is 104 cm³/mol. The van der Waals surface area contributed by atoms with Gasteiger partial charge in [0.1, 0.15) is 5.69 Å². The van der Waals surface area contributed by atoms with Gasteiger partial charge in [0.2, 0.25) is 0 Å². The number of fused-ring (bicyclic) bond motifs is 1. The molecule has 2 aliphatic rings. The van der Waals surface area contributed by atoms with E-state index in [0.29, 0.717) is 25.1 Å². The summed E-state index contributed by atoms with van der Waals surface area (Å²) in [7, 11) is 0. The van der Waals surface area contributed by atoms with E-state index in [4.69, 9.17) is 0 Å². The van der Waals surface area contributed by atoms with Crippen molar-refractivity contribution in [3.8, 4) is 0 Å². The lowest BCUT2D eigenvalue weighted by atomic mass is 9.86. The second-order valence-corrected chi connectivity index (χ2v) is 8.97. The van der Waals surface area contributed by atoms with Crippen LogP contribution < -0.4 is 0 Å². The van der Waals surface area contributed by atoms with Crippen LogP contribution in [-0.2, 0) is 6.18 Å². The summed E-state index contributed by atoms with van der Waals surface area (Å²) in [4.78, 5) is 19.1. The summed E-state index contributed by atoms with van der Waals surface area (Å²) < 4.78 is 42.1. The zero-order valence-corrected chi connectivity index (χ0v) is 17.2. The number of hydrogen-bond acceptors (Lipinski definition) is 4. The average Bonchev–Trinajstić information content (AvgIpc) is 3.13. The molecule has 1 unspecified atom stereocenters. The number of piperidine rings is 1. The van der Waals surface area contributed by atoms with E-state index in [1.807, 2.05) is 0 Å². The molecule has 164 valence electrons. The minimum absolute atomic E-state index is 0.00456. The van der Waals surface area contributed by atoms with Crippen LogP contribution in [0.15, 0.2) is 12.1 Å². The third-order valence-electron chi connectivity index (χ3n) is 6.60. The van der Waals surface area contributed by atoms with Gasteiger partial charge in [-0.3, -0.25) is 4.79 Å². The van der Waals surface area contributed by atoms with Gasteiger partial charge in [-0.05, 0) is 45.6 Å². The molecule has 1 saturated heterocycles. The molecule has 0 bridgehead atoms. The average molecular weight is 424 g/mol. The van der Waals surface area contributed by atoms with Gasteiger partial charge in [-0.25, -0.2) is 9.50 Å². The molecule has 3 heterocycles. The van der Waals surface area contributed by atoms with E-state index in [9.17, 15) is 23.1 Å². The molecule has 30 heavy (non-hydrogen) atoms. The van der Waals surface area contributed by atoms with Crippen molar-refractivity contribution < 1.29 is 23.1 Å². The molecule has 6 nitrogen and oxygen atoms in total. The summed E-state index contributed by atoms with van der Waals surface area (Å²) in [6.45, 7) is 3.93. The Kier molecular flexibility index (Phi) is 5.28. The van der Waals surface area contributed by atoms with E-state index < -0.39 is 29.4 Å². The van der Waals surface area contributed by atoms with E-state index in [-0.39, 0.29) is 17.3 Å². The van der Waals surface area contributed by atoms with Crippen LogP contribution in [0.5, 0.6) is 0 Å². The first-order valence-electron chi connectivity index (χ1n) is 10.6. The van der Waals surface area contributed by atoms with Crippen molar-refractivity contribution in [2.45, 2.75) is 82.5 Å². The SMILES string of the molecule is CC1(C)C(O)CCCN1C(=O)c1cc2nc(C3CCCCC3)cc(C(F)(F)F)n2n1. The molecule has 1 aliphatic carbocycles. The Morgan fingerprint density at radius 2 is 1.83 bits per heavy atom. The fraction of sp³-hybridized carbons (Fsp3) is 0.667. The lowest BCUT2D eigenvalue weighted by Gasteiger charge is -2.45. The highest BCUT2D eigenvalue weighted by Crippen LogP contribution is 2.36. The molecular weight excluding hydrogens is 397 g/mol. The van der Waals surface area contributed by atoms with Crippen LogP contribution >= 0.6 is 0 Å². The van der Waals surface area contributed by atoms with Gasteiger partial charge < -0.3 is 10.0 Å². The minimum Gasteiger partial charge on any atom is -0.391 e. The Labute approximate surface area is 173 Å². The number of aromatic nitrogens is 3. The minimum atomic E-state index is -4.61. The van der Waals surface area contributed by atoms with Crippen LogP contribution in [0, 0.1) is 0 Å². The molecule has 9 heteroatoms. The van der Waals surface area contributed by atoms with Crippen LogP contribution in [0.2, 0.25) is 0 Å². The summed E-state index contributed by atoms with van der Waals surface area (Å²) in [5.41, 5.74) is -1.37. The first kappa shape index (κ1) is 21.1. The van der Waals surface area contributed by atoms with E-state index in [0.717, 1.165) is 42.7 Å². The number of rotatable bonds is 2. The molecule has 1 aliphatic heterocycles. The van der Waals surface area contributed by atoms with Crippen molar-refractivity contribution in [3.63, 3.8) is 0 Å². The lowest BCUT2D eigenvalue weighted by molar-refractivity contribution is -0.142. The second kappa shape index (κ2) is 7.51. The highest BCUT2D eigenvalue weighted by molar-refractivity contribution is 5.94. The van der Waals surface area contributed by atoms with Crippen LogP contribution in [0.4, 0.5) is 13.2 Å². The highest BCUT2D eigenvalue weighted by atomic mass is 19.4. The maximum absolute atomic E-state index is 13.8. The first-order chi connectivity index (χ1) is 14.1. The summed E-state index contributed by atoms with van der Waals surface area (Å²) in [5, 5.41) is 14.3. The number of halogens is 3. The molecular formula is C21H27F3N4O2. The molecule has 1 N–H and O–H groups in total. The normalized spacial score (nSPS) is 23.1. The number of nitrogens with zero attached hydrogens (tertiary/aromatic N) is 4. The standard InChI is InChI=1S/C21H27F3N4O2/c1-20(2)17(29)9-6-10-27(20)19(30)15-12-18-25-14(13-7-4-3-5-8-13)11-16(21(22,23)24)28(18)26-15/h11-13,17,29H,3-10H2,1-2H3. The molecule has 2 aromatic heterocycles. The number of carbonyl (C=O) groups is 1. The van der Waals surface area contributed by atoms with Gasteiger partial charge in [0.15, 0.2) is 11.3 Å². The topological polar surface area (TPSA) is 70.7 Å². The number of aliphatic hydroxyl groups excluding tert-OH is 1. The van der Waals surface area contributed by atoms with E-state index >= 15 is 0 Å². The van der Waals surface area contributed by atoms with Crippen molar-refractivity contribution >= 4 is 11.6 Å². The summed E-state index contributed by atoms with van der Waals surface area (Å²) in [6, 6.07) is 2.42. The maximum Gasteiger partial charge on any atom is 0.433 e. The van der Waals surface area contributed by atoms with Crippen LogP contribution in [0.3, 0.4) is 0 Å². The Morgan fingerprint density at radius 1 is 1.13 bits per heavy atom. The van der Waals surface area contributed by atoms with E-state index in [2.05, 4.69) is 10.1 Å². The molecule has 0 aromatic carbocycles. The smallest absolute Gasteiger partial charge is 0.391 e. The van der Waals surface area contributed by atoms with Gasteiger partial charge in [0.05, 0.1) is 11.6 Å². The number of alkyl halides is 3. The Hall–Kier alpha value is -2.16. The molecule has 0 radical (unpaired) electrons. The highest BCUT2D eigenvalue weighted by Gasteiger charge is 2.42. The van der Waals surface area contributed by atoms with Crippen molar-refractivity contribution in [3.05, 3.63) is 29.2 Å². The molecule has 2 aromatic rings.